The zero-order valence-corrected chi connectivity index (χ0v) is 17.1. The van der Waals surface area contributed by atoms with Crippen LogP contribution in [0.4, 0.5) is 0 Å². The molecule has 4 heterocycles. The van der Waals surface area contributed by atoms with Crippen LogP contribution in [0.5, 0.6) is 0 Å². The molecule has 0 amide bonds. The normalized spacial score (nSPS) is 18.1. The van der Waals surface area contributed by atoms with Gasteiger partial charge in [-0.15, -0.1) is 11.3 Å². The quantitative estimate of drug-likeness (QED) is 0.520. The van der Waals surface area contributed by atoms with Crippen LogP contribution < -0.4 is 0 Å². The lowest BCUT2D eigenvalue weighted by molar-refractivity contribution is -0.0154. The van der Waals surface area contributed by atoms with Gasteiger partial charge >= 0.3 is 0 Å². The molecule has 0 unspecified atom stereocenters. The van der Waals surface area contributed by atoms with Crippen molar-refractivity contribution in [2.24, 2.45) is 7.05 Å². The fourth-order valence-electron chi connectivity index (χ4n) is 3.94. The smallest absolute Gasteiger partial charge is 0.126 e. The molecule has 7 heteroatoms. The topological polar surface area (TPSA) is 46.1 Å². The van der Waals surface area contributed by atoms with E-state index in [4.69, 9.17) is 16.3 Å². The van der Waals surface area contributed by atoms with Crippen LogP contribution >= 0.6 is 22.9 Å². The maximum Gasteiger partial charge on any atom is 0.126 e. The molecule has 1 N–H and O–H groups in total. The third kappa shape index (κ3) is 3.26. The van der Waals surface area contributed by atoms with Crippen molar-refractivity contribution >= 4 is 33.8 Å². The minimum atomic E-state index is 0.108. The summed E-state index contributed by atoms with van der Waals surface area (Å²) in [5, 5.41) is 1.31. The first-order valence-electron chi connectivity index (χ1n) is 9.34. The number of nitrogens with one attached hydrogen (secondary N) is 1. The van der Waals surface area contributed by atoms with Crippen molar-refractivity contribution in [2.45, 2.75) is 12.6 Å². The van der Waals surface area contributed by atoms with Gasteiger partial charge in [-0.05, 0) is 23.8 Å². The van der Waals surface area contributed by atoms with Crippen molar-refractivity contribution in [3.63, 3.8) is 0 Å². The minimum Gasteiger partial charge on any atom is -0.378 e. The first kappa shape index (κ1) is 17.9. The molecule has 1 aromatic carbocycles. The second-order valence-electron chi connectivity index (χ2n) is 7.13. The number of ether oxygens (including phenoxy) is 1. The zero-order valence-electron chi connectivity index (χ0n) is 15.6. The van der Waals surface area contributed by atoms with Crippen LogP contribution in [0.1, 0.15) is 17.4 Å². The van der Waals surface area contributed by atoms with Crippen LogP contribution in [0.2, 0.25) is 4.34 Å². The lowest BCUT2D eigenvalue weighted by atomic mass is 10.1. The summed E-state index contributed by atoms with van der Waals surface area (Å²) in [5.41, 5.74) is 3.60. The van der Waals surface area contributed by atoms with Gasteiger partial charge in [0.25, 0.3) is 0 Å². The number of rotatable bonds is 4. The molecule has 144 valence electrons. The van der Waals surface area contributed by atoms with E-state index in [2.05, 4.69) is 56.9 Å². The van der Waals surface area contributed by atoms with Gasteiger partial charge in [0.05, 0.1) is 40.4 Å². The van der Waals surface area contributed by atoms with Gasteiger partial charge in [-0.2, -0.15) is 0 Å². The molecule has 1 aliphatic rings. The van der Waals surface area contributed by atoms with Crippen LogP contribution in [0.25, 0.3) is 21.5 Å². The molecule has 0 saturated carbocycles. The van der Waals surface area contributed by atoms with Crippen molar-refractivity contribution < 1.29 is 4.74 Å². The molecule has 0 radical (unpaired) electrons. The Balaban J connectivity index is 1.43. The molecular formula is C21H21ClN4OS. The number of morpholine rings is 1. The van der Waals surface area contributed by atoms with Gasteiger partial charge in [0.1, 0.15) is 5.82 Å². The Morgan fingerprint density at radius 3 is 3.04 bits per heavy atom. The van der Waals surface area contributed by atoms with Crippen molar-refractivity contribution in [3.05, 3.63) is 64.5 Å². The van der Waals surface area contributed by atoms with Crippen LogP contribution in [0.15, 0.2) is 48.8 Å². The average molecular weight is 413 g/mol. The van der Waals surface area contributed by atoms with E-state index >= 15 is 0 Å². The van der Waals surface area contributed by atoms with Gasteiger partial charge in [0.2, 0.25) is 0 Å². The van der Waals surface area contributed by atoms with Crippen molar-refractivity contribution in [1.29, 1.82) is 0 Å². The SMILES string of the molecule is Cn1cc(CN2CCOC[C@H]2c2ncc(-c3ccc(Cl)s3)[nH]2)c2ccccc21. The van der Waals surface area contributed by atoms with E-state index in [1.807, 2.05) is 18.3 Å². The Bertz CT molecular complexity index is 1110. The molecule has 5 rings (SSSR count). The number of imidazole rings is 1. The van der Waals surface area contributed by atoms with Crippen LogP contribution in [-0.2, 0) is 18.3 Å². The molecule has 3 aromatic heterocycles. The summed E-state index contributed by atoms with van der Waals surface area (Å²) in [4.78, 5) is 11.7. The van der Waals surface area contributed by atoms with E-state index in [0.29, 0.717) is 6.61 Å². The number of H-pyrrole nitrogens is 1. The predicted molar refractivity (Wildman–Crippen MR) is 114 cm³/mol. The number of aromatic amines is 1. The maximum atomic E-state index is 6.08. The summed E-state index contributed by atoms with van der Waals surface area (Å²) < 4.78 is 8.77. The number of para-hydroxylation sites is 1. The highest BCUT2D eigenvalue weighted by Crippen LogP contribution is 2.32. The Hall–Kier alpha value is -2.12. The predicted octanol–water partition coefficient (Wildman–Crippen LogP) is 4.86. The van der Waals surface area contributed by atoms with Crippen LogP contribution in [0, 0.1) is 0 Å². The fraction of sp³-hybridized carbons (Fsp3) is 0.286. The first-order chi connectivity index (χ1) is 13.7. The first-order valence-corrected chi connectivity index (χ1v) is 10.5. The lowest BCUT2D eigenvalue weighted by Crippen LogP contribution is -2.39. The van der Waals surface area contributed by atoms with E-state index in [0.717, 1.165) is 40.4 Å². The monoisotopic (exact) mass is 412 g/mol. The largest absolute Gasteiger partial charge is 0.378 e. The molecule has 0 spiro atoms. The summed E-state index contributed by atoms with van der Waals surface area (Å²) in [5.74, 6) is 0.944. The Morgan fingerprint density at radius 1 is 1.29 bits per heavy atom. The van der Waals surface area contributed by atoms with Gasteiger partial charge in [0, 0.05) is 37.2 Å². The lowest BCUT2D eigenvalue weighted by Gasteiger charge is -2.34. The van der Waals surface area contributed by atoms with E-state index in [1.165, 1.54) is 16.5 Å². The van der Waals surface area contributed by atoms with Crippen molar-refractivity contribution in [3.8, 4) is 10.6 Å². The summed E-state index contributed by atoms with van der Waals surface area (Å²) in [6, 6.07) is 12.6. The van der Waals surface area contributed by atoms with Gasteiger partial charge in [0.15, 0.2) is 0 Å². The van der Waals surface area contributed by atoms with Gasteiger partial charge in [-0.1, -0.05) is 29.8 Å². The Morgan fingerprint density at radius 2 is 2.18 bits per heavy atom. The van der Waals surface area contributed by atoms with Crippen molar-refractivity contribution in [2.75, 3.05) is 19.8 Å². The van der Waals surface area contributed by atoms with Crippen LogP contribution in [0.3, 0.4) is 0 Å². The molecule has 1 atom stereocenters. The third-order valence-corrected chi connectivity index (χ3v) is 6.61. The number of aryl methyl sites for hydroxylation is 1. The Labute approximate surface area is 172 Å². The summed E-state index contributed by atoms with van der Waals surface area (Å²) >= 11 is 7.64. The molecule has 1 saturated heterocycles. The van der Waals surface area contributed by atoms with Crippen LogP contribution in [-0.4, -0.2) is 39.2 Å². The fourth-order valence-corrected chi connectivity index (χ4v) is 4.95. The van der Waals surface area contributed by atoms with E-state index in [9.17, 15) is 0 Å². The Kier molecular flexibility index (Phi) is 4.72. The second-order valence-corrected chi connectivity index (χ2v) is 8.84. The molecule has 1 aliphatic heterocycles. The number of halogens is 1. The highest BCUT2D eigenvalue weighted by molar-refractivity contribution is 7.19. The van der Waals surface area contributed by atoms with Gasteiger partial charge in [-0.3, -0.25) is 4.90 Å². The minimum absolute atomic E-state index is 0.108. The molecule has 4 aromatic rings. The average Bonchev–Trinajstić information content (AvgIpc) is 3.43. The van der Waals surface area contributed by atoms with E-state index < -0.39 is 0 Å². The highest BCUT2D eigenvalue weighted by atomic mass is 35.5. The summed E-state index contributed by atoms with van der Waals surface area (Å²) in [6.45, 7) is 3.14. The van der Waals surface area contributed by atoms with E-state index in [1.54, 1.807) is 11.3 Å². The molecule has 0 aliphatic carbocycles. The number of thiophene rings is 1. The third-order valence-electron chi connectivity index (χ3n) is 5.34. The zero-order chi connectivity index (χ0) is 19.1. The number of aromatic nitrogens is 3. The molecule has 28 heavy (non-hydrogen) atoms. The molecule has 1 fully saturated rings. The number of fused-ring (bicyclic) bond motifs is 1. The number of nitrogens with zero attached hydrogens (tertiary/aromatic N) is 3. The number of hydrogen-bond donors (Lipinski definition) is 1. The summed E-state index contributed by atoms with van der Waals surface area (Å²) in [6.07, 6.45) is 4.13. The highest BCUT2D eigenvalue weighted by Gasteiger charge is 2.28. The molecule has 5 nitrogen and oxygen atoms in total. The summed E-state index contributed by atoms with van der Waals surface area (Å²) in [7, 11) is 2.10. The maximum absolute atomic E-state index is 6.08. The molecular weight excluding hydrogens is 392 g/mol. The number of benzene rings is 1. The standard InChI is InChI=1S/C21H21ClN4OS/c1-25-11-14(15-4-2-3-5-17(15)25)12-26-8-9-27-13-18(26)21-23-10-16(24-21)19-6-7-20(22)28-19/h2-7,10-11,18H,8-9,12-13H2,1H3,(H,23,24)/t18-/m0/s1. The molecule has 0 bridgehead atoms. The van der Waals surface area contributed by atoms with E-state index in [-0.39, 0.29) is 6.04 Å². The van der Waals surface area contributed by atoms with Gasteiger partial charge < -0.3 is 14.3 Å². The number of hydrogen-bond acceptors (Lipinski definition) is 4. The van der Waals surface area contributed by atoms with Crippen molar-refractivity contribution in [1.82, 2.24) is 19.4 Å². The second kappa shape index (κ2) is 7.37. The van der Waals surface area contributed by atoms with Gasteiger partial charge in [-0.25, -0.2) is 4.98 Å².